The highest BCUT2D eigenvalue weighted by molar-refractivity contribution is 6.17. The van der Waals surface area contributed by atoms with Crippen molar-refractivity contribution in [2.45, 2.75) is 25.3 Å². The predicted octanol–water partition coefficient (Wildman–Crippen LogP) is 3.11. The van der Waals surface area contributed by atoms with Crippen LogP contribution in [-0.4, -0.2) is 6.10 Å². The van der Waals surface area contributed by atoms with Crippen LogP contribution >= 0.6 is 11.6 Å². The van der Waals surface area contributed by atoms with Gasteiger partial charge in [-0.05, 0) is 24.1 Å². The van der Waals surface area contributed by atoms with Crippen LogP contribution in [0.3, 0.4) is 0 Å². The van der Waals surface area contributed by atoms with Gasteiger partial charge in [-0.1, -0.05) is 19.1 Å². The molecule has 1 aromatic carbocycles. The zero-order chi connectivity index (χ0) is 10.4. The first-order valence-electron chi connectivity index (χ1n) is 4.51. The van der Waals surface area contributed by atoms with Gasteiger partial charge < -0.3 is 4.74 Å². The molecule has 0 aliphatic heterocycles. The van der Waals surface area contributed by atoms with Crippen LogP contribution in [0.15, 0.2) is 24.3 Å². The summed E-state index contributed by atoms with van der Waals surface area (Å²) in [6, 6.07) is 9.53. The lowest BCUT2D eigenvalue weighted by Crippen LogP contribution is -2.11. The number of alkyl halides is 1. The Hall–Kier alpha value is -1.20. The van der Waals surface area contributed by atoms with Crippen LogP contribution in [0.5, 0.6) is 5.75 Å². The van der Waals surface area contributed by atoms with Crippen LogP contribution < -0.4 is 4.74 Å². The van der Waals surface area contributed by atoms with Gasteiger partial charge in [-0.25, -0.2) is 0 Å². The van der Waals surface area contributed by atoms with E-state index in [1.807, 2.05) is 31.2 Å². The summed E-state index contributed by atoms with van der Waals surface area (Å²) in [4.78, 5) is 0. The van der Waals surface area contributed by atoms with E-state index in [0.29, 0.717) is 18.1 Å². The van der Waals surface area contributed by atoms with Crippen LogP contribution in [0.1, 0.15) is 18.9 Å². The summed E-state index contributed by atoms with van der Waals surface area (Å²) in [5.74, 6) is 1.21. The van der Waals surface area contributed by atoms with E-state index >= 15 is 0 Å². The molecule has 0 heterocycles. The largest absolute Gasteiger partial charge is 0.476 e. The van der Waals surface area contributed by atoms with Crippen LogP contribution in [0, 0.1) is 11.3 Å². The number of hydrogen-bond acceptors (Lipinski definition) is 2. The van der Waals surface area contributed by atoms with E-state index in [-0.39, 0.29) is 6.10 Å². The van der Waals surface area contributed by atoms with Crippen molar-refractivity contribution in [1.82, 2.24) is 0 Å². The summed E-state index contributed by atoms with van der Waals surface area (Å²) in [5, 5.41) is 8.69. The Morgan fingerprint density at radius 1 is 1.43 bits per heavy atom. The van der Waals surface area contributed by atoms with E-state index in [0.717, 1.165) is 5.56 Å². The van der Waals surface area contributed by atoms with Gasteiger partial charge >= 0.3 is 0 Å². The molecule has 0 saturated heterocycles. The molecular weight excluding hydrogens is 198 g/mol. The minimum Gasteiger partial charge on any atom is -0.476 e. The quantitative estimate of drug-likeness (QED) is 0.714. The Balaban J connectivity index is 2.64. The Labute approximate surface area is 89.1 Å². The zero-order valence-corrected chi connectivity index (χ0v) is 8.79. The van der Waals surface area contributed by atoms with Crippen LogP contribution in [0.4, 0.5) is 0 Å². The molecule has 0 saturated carbocycles. The highest BCUT2D eigenvalue weighted by Gasteiger charge is 2.05. The fourth-order valence-corrected chi connectivity index (χ4v) is 1.20. The van der Waals surface area contributed by atoms with E-state index in [2.05, 4.69) is 6.07 Å². The third kappa shape index (κ3) is 2.93. The smallest absolute Gasteiger partial charge is 0.184 e. The Morgan fingerprint density at radius 3 is 2.50 bits per heavy atom. The average Bonchev–Trinajstić information content (AvgIpc) is 2.26. The lowest BCUT2D eigenvalue weighted by atomic mass is 10.2. The van der Waals surface area contributed by atoms with Gasteiger partial charge in [0, 0.05) is 5.88 Å². The molecule has 0 bridgehead atoms. The maximum absolute atomic E-state index is 8.69. The first-order chi connectivity index (χ1) is 6.80. The highest BCUT2D eigenvalue weighted by atomic mass is 35.5. The van der Waals surface area contributed by atoms with Gasteiger partial charge in [-0.2, -0.15) is 5.26 Å². The van der Waals surface area contributed by atoms with Gasteiger partial charge in [0.15, 0.2) is 6.10 Å². The van der Waals surface area contributed by atoms with Crippen LogP contribution in [0.2, 0.25) is 0 Å². The Bertz CT molecular complexity index is 315. The number of rotatable bonds is 4. The summed E-state index contributed by atoms with van der Waals surface area (Å²) < 4.78 is 5.41. The second-order valence-corrected chi connectivity index (χ2v) is 3.19. The number of benzene rings is 1. The molecule has 0 aliphatic carbocycles. The number of nitrogens with zero attached hydrogens (tertiary/aromatic N) is 1. The standard InChI is InChI=1S/C11H12ClNO/c1-2-10(8-13)14-11-5-3-9(7-12)4-6-11/h3-6,10H,2,7H2,1H3. The normalized spacial score (nSPS) is 11.8. The van der Waals surface area contributed by atoms with Gasteiger partial charge in [0.2, 0.25) is 0 Å². The molecule has 74 valence electrons. The van der Waals surface area contributed by atoms with Crippen molar-refractivity contribution in [1.29, 1.82) is 5.26 Å². The second-order valence-electron chi connectivity index (χ2n) is 2.92. The molecule has 1 rings (SSSR count). The predicted molar refractivity (Wildman–Crippen MR) is 56.3 cm³/mol. The molecule has 1 unspecified atom stereocenters. The molecule has 2 nitrogen and oxygen atoms in total. The van der Waals surface area contributed by atoms with Crippen LogP contribution in [-0.2, 0) is 5.88 Å². The van der Waals surface area contributed by atoms with Crippen molar-refractivity contribution < 1.29 is 4.74 Å². The van der Waals surface area contributed by atoms with E-state index in [4.69, 9.17) is 21.6 Å². The second kappa shape index (κ2) is 5.51. The Morgan fingerprint density at radius 2 is 2.07 bits per heavy atom. The number of ether oxygens (including phenoxy) is 1. The maximum Gasteiger partial charge on any atom is 0.184 e. The summed E-state index contributed by atoms with van der Waals surface area (Å²) in [5.41, 5.74) is 1.05. The lowest BCUT2D eigenvalue weighted by Gasteiger charge is -2.09. The molecule has 0 N–H and O–H groups in total. The summed E-state index contributed by atoms with van der Waals surface area (Å²) in [6.07, 6.45) is 0.324. The van der Waals surface area contributed by atoms with Gasteiger partial charge in [-0.15, -0.1) is 11.6 Å². The zero-order valence-electron chi connectivity index (χ0n) is 8.03. The highest BCUT2D eigenvalue weighted by Crippen LogP contribution is 2.15. The fraction of sp³-hybridized carbons (Fsp3) is 0.364. The third-order valence-electron chi connectivity index (χ3n) is 1.87. The van der Waals surface area contributed by atoms with Crippen molar-refractivity contribution in [2.75, 3.05) is 0 Å². The summed E-state index contributed by atoms with van der Waals surface area (Å²) >= 11 is 5.65. The lowest BCUT2D eigenvalue weighted by molar-refractivity contribution is 0.252. The van der Waals surface area contributed by atoms with Crippen molar-refractivity contribution in [3.63, 3.8) is 0 Å². The summed E-state index contributed by atoms with van der Waals surface area (Å²) in [6.45, 7) is 1.92. The fourth-order valence-electron chi connectivity index (χ4n) is 1.02. The minimum absolute atomic E-state index is 0.364. The molecule has 0 fully saturated rings. The van der Waals surface area contributed by atoms with Gasteiger partial charge in [0.05, 0.1) is 0 Å². The third-order valence-corrected chi connectivity index (χ3v) is 2.18. The number of halogens is 1. The van der Waals surface area contributed by atoms with Gasteiger partial charge in [0.25, 0.3) is 0 Å². The molecule has 0 aliphatic rings. The van der Waals surface area contributed by atoms with E-state index in [1.165, 1.54) is 0 Å². The van der Waals surface area contributed by atoms with Crippen molar-refractivity contribution >= 4 is 11.6 Å². The van der Waals surface area contributed by atoms with E-state index in [9.17, 15) is 0 Å². The van der Waals surface area contributed by atoms with Crippen molar-refractivity contribution in [3.8, 4) is 11.8 Å². The van der Waals surface area contributed by atoms with E-state index < -0.39 is 0 Å². The first-order valence-corrected chi connectivity index (χ1v) is 5.04. The SMILES string of the molecule is CCC(C#N)Oc1ccc(CCl)cc1. The topological polar surface area (TPSA) is 33.0 Å². The van der Waals surface area contributed by atoms with Crippen LogP contribution in [0.25, 0.3) is 0 Å². The number of nitriles is 1. The summed E-state index contributed by atoms with van der Waals surface area (Å²) in [7, 11) is 0. The molecule has 14 heavy (non-hydrogen) atoms. The monoisotopic (exact) mass is 209 g/mol. The van der Waals surface area contributed by atoms with Gasteiger partial charge in [-0.3, -0.25) is 0 Å². The first kappa shape index (κ1) is 10.9. The number of hydrogen-bond donors (Lipinski definition) is 0. The van der Waals surface area contributed by atoms with E-state index in [1.54, 1.807) is 0 Å². The van der Waals surface area contributed by atoms with Gasteiger partial charge in [0.1, 0.15) is 11.8 Å². The molecule has 1 aromatic rings. The Kier molecular flexibility index (Phi) is 4.28. The molecule has 0 radical (unpaired) electrons. The average molecular weight is 210 g/mol. The molecular formula is C11H12ClNO. The van der Waals surface area contributed by atoms with Crippen molar-refractivity contribution in [3.05, 3.63) is 29.8 Å². The molecule has 1 atom stereocenters. The molecule has 0 amide bonds. The molecule has 0 spiro atoms. The van der Waals surface area contributed by atoms with Crippen molar-refractivity contribution in [2.24, 2.45) is 0 Å². The molecule has 3 heteroatoms. The maximum atomic E-state index is 8.69. The minimum atomic E-state index is -0.364. The molecule has 0 aromatic heterocycles.